The van der Waals surface area contributed by atoms with E-state index in [0.717, 1.165) is 23.4 Å². The quantitative estimate of drug-likeness (QED) is 0.821. The van der Waals surface area contributed by atoms with Crippen LogP contribution in [-0.4, -0.2) is 23.7 Å². The van der Waals surface area contributed by atoms with Gasteiger partial charge >= 0.3 is 0 Å². The number of benzene rings is 1. The lowest BCUT2D eigenvalue weighted by Gasteiger charge is -2.14. The third-order valence-corrected chi connectivity index (χ3v) is 3.47. The summed E-state index contributed by atoms with van der Waals surface area (Å²) in [6.45, 7) is 3.25. The molecule has 2 N–H and O–H groups in total. The molecule has 0 radical (unpaired) electrons. The second kappa shape index (κ2) is 7.76. The van der Waals surface area contributed by atoms with Crippen LogP contribution in [0.15, 0.2) is 42.6 Å². The second-order valence-corrected chi connectivity index (χ2v) is 4.89. The Kier molecular flexibility index (Phi) is 5.72. The van der Waals surface area contributed by atoms with Gasteiger partial charge in [-0.15, -0.1) is 0 Å². The number of hydrogen-bond acceptors (Lipinski definition) is 4. The maximum absolute atomic E-state index is 10.2. The third-order valence-electron chi connectivity index (χ3n) is 3.47. The molecule has 1 heterocycles. The molecule has 0 spiro atoms. The summed E-state index contributed by atoms with van der Waals surface area (Å²) in [5, 5.41) is 13.5. The lowest BCUT2D eigenvalue weighted by molar-refractivity contribution is 0.174. The van der Waals surface area contributed by atoms with Crippen LogP contribution in [0.5, 0.6) is 5.75 Å². The van der Waals surface area contributed by atoms with Gasteiger partial charge in [0.25, 0.3) is 0 Å². The van der Waals surface area contributed by atoms with Crippen molar-refractivity contribution in [1.82, 2.24) is 10.3 Å². The second-order valence-electron chi connectivity index (χ2n) is 4.89. The van der Waals surface area contributed by atoms with Crippen LogP contribution in [0.1, 0.15) is 29.8 Å². The molecule has 0 saturated heterocycles. The van der Waals surface area contributed by atoms with Gasteiger partial charge in [0.1, 0.15) is 5.75 Å². The average molecular weight is 286 g/mol. The van der Waals surface area contributed by atoms with E-state index in [-0.39, 0.29) is 0 Å². The van der Waals surface area contributed by atoms with E-state index in [9.17, 15) is 5.11 Å². The lowest BCUT2D eigenvalue weighted by atomic mass is 10.1. The van der Waals surface area contributed by atoms with Crippen molar-refractivity contribution in [3.8, 4) is 5.75 Å². The number of hydrogen-bond donors (Lipinski definition) is 2. The van der Waals surface area contributed by atoms with Gasteiger partial charge in [-0.25, -0.2) is 0 Å². The molecule has 112 valence electrons. The molecule has 1 unspecified atom stereocenters. The van der Waals surface area contributed by atoms with Gasteiger partial charge in [0.15, 0.2) is 0 Å². The first-order valence-corrected chi connectivity index (χ1v) is 7.20. The van der Waals surface area contributed by atoms with Crippen molar-refractivity contribution in [2.45, 2.75) is 26.0 Å². The van der Waals surface area contributed by atoms with E-state index < -0.39 is 6.10 Å². The Morgan fingerprint density at radius 2 is 2.14 bits per heavy atom. The number of aryl methyl sites for hydroxylation is 1. The van der Waals surface area contributed by atoms with Gasteiger partial charge in [-0.2, -0.15) is 0 Å². The highest BCUT2D eigenvalue weighted by molar-refractivity contribution is 5.30. The summed E-state index contributed by atoms with van der Waals surface area (Å²) in [5.74, 6) is 0.754. The molecule has 0 amide bonds. The van der Waals surface area contributed by atoms with E-state index in [1.807, 2.05) is 30.3 Å². The average Bonchev–Trinajstić information content (AvgIpc) is 2.55. The fourth-order valence-electron chi connectivity index (χ4n) is 2.25. The molecule has 2 rings (SSSR count). The highest BCUT2D eigenvalue weighted by Gasteiger charge is 2.09. The molecule has 1 atom stereocenters. The Labute approximate surface area is 125 Å². The Hall–Kier alpha value is -1.91. The molecule has 4 nitrogen and oxygen atoms in total. The molecule has 0 aliphatic rings. The number of nitrogens with zero attached hydrogens (tertiary/aromatic N) is 1. The maximum atomic E-state index is 10.2. The number of pyridine rings is 1. The van der Waals surface area contributed by atoms with Crippen molar-refractivity contribution in [3.63, 3.8) is 0 Å². The van der Waals surface area contributed by atoms with Crippen molar-refractivity contribution >= 4 is 0 Å². The van der Waals surface area contributed by atoms with E-state index in [4.69, 9.17) is 4.74 Å². The Morgan fingerprint density at radius 1 is 1.29 bits per heavy atom. The lowest BCUT2D eigenvalue weighted by Crippen LogP contribution is -2.22. The summed E-state index contributed by atoms with van der Waals surface area (Å²) in [5.41, 5.74) is 3.12. The molecule has 1 aromatic heterocycles. The van der Waals surface area contributed by atoms with Crippen LogP contribution in [0.4, 0.5) is 0 Å². The summed E-state index contributed by atoms with van der Waals surface area (Å²) < 4.78 is 5.17. The number of methoxy groups -OCH3 is 1. The molecule has 0 fully saturated rings. The highest BCUT2D eigenvalue weighted by atomic mass is 16.5. The van der Waals surface area contributed by atoms with Gasteiger partial charge in [0.05, 0.1) is 18.9 Å². The van der Waals surface area contributed by atoms with Crippen molar-refractivity contribution in [3.05, 3.63) is 59.4 Å². The summed E-state index contributed by atoms with van der Waals surface area (Å²) in [4.78, 5) is 4.38. The van der Waals surface area contributed by atoms with Crippen LogP contribution in [0.25, 0.3) is 0 Å². The van der Waals surface area contributed by atoms with E-state index >= 15 is 0 Å². The number of nitrogens with one attached hydrogen (secondary N) is 1. The molecular weight excluding hydrogens is 264 g/mol. The predicted molar refractivity (Wildman–Crippen MR) is 83.3 cm³/mol. The predicted octanol–water partition coefficient (Wildman–Crippen LogP) is 2.48. The van der Waals surface area contributed by atoms with Gasteiger partial charge < -0.3 is 15.2 Å². The number of aromatic nitrogens is 1. The number of aliphatic hydroxyl groups is 1. The van der Waals surface area contributed by atoms with Gasteiger partial charge in [-0.1, -0.05) is 25.1 Å². The molecular formula is C17H22N2O2. The minimum atomic E-state index is -0.561. The summed E-state index contributed by atoms with van der Waals surface area (Å²) in [6.07, 6.45) is 2.20. The zero-order valence-corrected chi connectivity index (χ0v) is 12.5. The molecule has 0 bridgehead atoms. The van der Waals surface area contributed by atoms with Crippen molar-refractivity contribution < 1.29 is 9.84 Å². The van der Waals surface area contributed by atoms with Gasteiger partial charge in [-0.05, 0) is 35.7 Å². The van der Waals surface area contributed by atoms with E-state index in [1.54, 1.807) is 13.3 Å². The number of ether oxygens (including phenoxy) is 1. The Morgan fingerprint density at radius 3 is 2.90 bits per heavy atom. The Bertz CT molecular complexity index is 572. The SMILES string of the molecule is CCc1cccnc1CNCC(O)c1cccc(OC)c1. The Balaban J connectivity index is 1.90. The zero-order valence-electron chi connectivity index (χ0n) is 12.5. The normalized spacial score (nSPS) is 12.1. The fourth-order valence-corrected chi connectivity index (χ4v) is 2.25. The fraction of sp³-hybridized carbons (Fsp3) is 0.353. The maximum Gasteiger partial charge on any atom is 0.119 e. The number of aliphatic hydroxyl groups excluding tert-OH is 1. The third kappa shape index (κ3) is 4.28. The van der Waals surface area contributed by atoms with Crippen LogP contribution in [-0.2, 0) is 13.0 Å². The minimum Gasteiger partial charge on any atom is -0.497 e. The topological polar surface area (TPSA) is 54.4 Å². The first-order valence-electron chi connectivity index (χ1n) is 7.20. The molecule has 0 aliphatic heterocycles. The smallest absolute Gasteiger partial charge is 0.119 e. The largest absolute Gasteiger partial charge is 0.497 e. The zero-order chi connectivity index (χ0) is 15.1. The molecule has 0 aliphatic carbocycles. The van der Waals surface area contributed by atoms with E-state index in [2.05, 4.69) is 23.3 Å². The molecule has 21 heavy (non-hydrogen) atoms. The standard InChI is InChI=1S/C17H22N2O2/c1-3-13-7-5-9-19-16(13)11-18-12-17(20)14-6-4-8-15(10-14)21-2/h4-10,17-18,20H,3,11-12H2,1-2H3. The molecule has 4 heteroatoms. The van der Waals surface area contributed by atoms with Crippen LogP contribution in [0.3, 0.4) is 0 Å². The van der Waals surface area contributed by atoms with E-state index in [1.165, 1.54) is 5.56 Å². The first kappa shape index (κ1) is 15.5. The van der Waals surface area contributed by atoms with E-state index in [0.29, 0.717) is 13.1 Å². The molecule has 2 aromatic rings. The van der Waals surface area contributed by atoms with Crippen LogP contribution >= 0.6 is 0 Å². The monoisotopic (exact) mass is 286 g/mol. The molecule has 1 aromatic carbocycles. The van der Waals surface area contributed by atoms with Crippen LogP contribution in [0, 0.1) is 0 Å². The van der Waals surface area contributed by atoms with Crippen LogP contribution < -0.4 is 10.1 Å². The van der Waals surface area contributed by atoms with Crippen molar-refractivity contribution in [1.29, 1.82) is 0 Å². The highest BCUT2D eigenvalue weighted by Crippen LogP contribution is 2.18. The minimum absolute atomic E-state index is 0.479. The van der Waals surface area contributed by atoms with Gasteiger partial charge in [-0.3, -0.25) is 4.98 Å². The summed E-state index contributed by atoms with van der Waals surface area (Å²) in [6, 6.07) is 11.5. The summed E-state index contributed by atoms with van der Waals surface area (Å²) in [7, 11) is 1.62. The summed E-state index contributed by atoms with van der Waals surface area (Å²) >= 11 is 0. The van der Waals surface area contributed by atoms with Gasteiger partial charge in [0, 0.05) is 19.3 Å². The van der Waals surface area contributed by atoms with Gasteiger partial charge in [0.2, 0.25) is 0 Å². The number of rotatable bonds is 7. The first-order chi connectivity index (χ1) is 10.2. The van der Waals surface area contributed by atoms with Crippen LogP contribution in [0.2, 0.25) is 0 Å². The van der Waals surface area contributed by atoms with Crippen molar-refractivity contribution in [2.24, 2.45) is 0 Å². The molecule has 0 saturated carbocycles. The van der Waals surface area contributed by atoms with Crippen molar-refractivity contribution in [2.75, 3.05) is 13.7 Å².